The Morgan fingerprint density at radius 1 is 0.352 bits per heavy atom. The van der Waals surface area contributed by atoms with E-state index in [-0.39, 0.29) is 25.6 Å². The molecule has 4 nitrogen and oxygen atoms in total. The predicted octanol–water partition coefficient (Wildman–Crippen LogP) is 24.9. The van der Waals surface area contributed by atoms with Crippen LogP contribution in [0.2, 0.25) is 109 Å². The van der Waals surface area contributed by atoms with Crippen LogP contribution in [0.15, 0.2) is 58.7 Å². The molecule has 0 saturated heterocycles. The first kappa shape index (κ1) is 82.5. The Hall–Kier alpha value is -2.70. The van der Waals surface area contributed by atoms with E-state index in [4.69, 9.17) is 17.7 Å². The van der Waals surface area contributed by atoms with Gasteiger partial charge in [0.25, 0.3) is 0 Å². The summed E-state index contributed by atoms with van der Waals surface area (Å²) in [4.78, 5) is 0. The third kappa shape index (κ3) is 23.2. The maximum absolute atomic E-state index is 7.17. The van der Waals surface area contributed by atoms with Crippen LogP contribution in [0.4, 0.5) is 0 Å². The van der Waals surface area contributed by atoms with Gasteiger partial charge < -0.3 is 17.7 Å². The van der Waals surface area contributed by atoms with E-state index in [9.17, 15) is 0 Å². The first-order valence-corrected chi connectivity index (χ1v) is 53.5. The van der Waals surface area contributed by atoms with Gasteiger partial charge in [0.05, 0.1) is 26.4 Å². The normalized spacial score (nSPS) is 14.6. The van der Waals surface area contributed by atoms with Crippen molar-refractivity contribution in [1.29, 1.82) is 0 Å². The van der Waals surface area contributed by atoms with Crippen LogP contribution in [0.5, 0.6) is 0 Å². The lowest BCUT2D eigenvalue weighted by Gasteiger charge is -2.37. The maximum Gasteiger partial charge on any atom is 0.192 e. The summed E-state index contributed by atoms with van der Waals surface area (Å²) in [5, 5.41) is 0.198. The van der Waals surface area contributed by atoms with Gasteiger partial charge in [-0.1, -0.05) is 263 Å². The highest BCUT2D eigenvalue weighted by Crippen LogP contribution is 2.55. The van der Waals surface area contributed by atoms with Gasteiger partial charge in [-0.3, -0.25) is 0 Å². The van der Waals surface area contributed by atoms with Crippen molar-refractivity contribution in [2.45, 2.75) is 343 Å². The second-order valence-electron chi connectivity index (χ2n) is 33.4. The van der Waals surface area contributed by atoms with Crippen LogP contribution in [0.3, 0.4) is 0 Å². The Labute approximate surface area is 571 Å². The van der Waals surface area contributed by atoms with E-state index in [1.54, 1.807) is 0 Å². The summed E-state index contributed by atoms with van der Waals surface area (Å²) in [5.41, 5.74) is 19.5. The molecule has 2 aromatic rings. The van der Waals surface area contributed by atoms with Crippen molar-refractivity contribution in [2.75, 3.05) is 26.4 Å². The zero-order chi connectivity index (χ0) is 69.0. The molecule has 0 radical (unpaired) electrons. The lowest BCUT2D eigenvalue weighted by molar-refractivity contribution is 0.308. The van der Waals surface area contributed by atoms with E-state index in [2.05, 4.69) is 274 Å². The molecular formula is C81H138O4Si6. The molecule has 510 valence electrons. The second-order valence-corrected chi connectivity index (χ2v) is 62.5. The molecule has 3 rings (SSSR count). The molecule has 0 bridgehead atoms. The van der Waals surface area contributed by atoms with Gasteiger partial charge in [0.2, 0.25) is 0 Å². The molecule has 0 unspecified atom stereocenters. The number of hydrogen-bond donors (Lipinski definition) is 0. The highest BCUT2D eigenvalue weighted by Gasteiger charge is 2.44. The van der Waals surface area contributed by atoms with Gasteiger partial charge >= 0.3 is 0 Å². The van der Waals surface area contributed by atoms with Crippen molar-refractivity contribution >= 4 is 49.4 Å². The minimum atomic E-state index is -2.18. The van der Waals surface area contributed by atoms with Gasteiger partial charge in [-0.15, -0.1) is 11.1 Å². The van der Waals surface area contributed by atoms with E-state index in [1.165, 1.54) is 99.3 Å². The third-order valence-electron chi connectivity index (χ3n) is 23.3. The summed E-state index contributed by atoms with van der Waals surface area (Å²) in [6, 6.07) is 21.3. The van der Waals surface area contributed by atoms with Crippen molar-refractivity contribution in [3.63, 3.8) is 0 Å². The van der Waals surface area contributed by atoms with E-state index >= 15 is 0 Å². The van der Waals surface area contributed by atoms with Crippen molar-refractivity contribution in [2.24, 2.45) is 0 Å². The smallest absolute Gasteiger partial charge is 0.192 e. The summed E-state index contributed by atoms with van der Waals surface area (Å²) >= 11 is 0. The van der Waals surface area contributed by atoms with Crippen LogP contribution in [0, 0.1) is 46.6 Å². The number of rotatable bonds is 32. The molecule has 0 heterocycles. The molecule has 1 aliphatic carbocycles. The Morgan fingerprint density at radius 3 is 0.857 bits per heavy atom. The number of hydrogen-bond acceptors (Lipinski definition) is 4. The van der Waals surface area contributed by atoms with Crippen molar-refractivity contribution in [3.8, 4) is 57.7 Å². The average Bonchev–Trinajstić information content (AvgIpc) is 1.57. The largest absolute Gasteiger partial charge is 0.412 e. The monoisotopic (exact) mass is 1340 g/mol. The molecule has 0 fully saturated rings. The van der Waals surface area contributed by atoms with Crippen molar-refractivity contribution in [1.82, 2.24) is 0 Å². The van der Waals surface area contributed by atoms with Crippen LogP contribution >= 0.6 is 0 Å². The van der Waals surface area contributed by atoms with E-state index in [0.717, 1.165) is 82.5 Å². The predicted molar refractivity (Wildman–Crippen MR) is 419 cm³/mol. The summed E-state index contributed by atoms with van der Waals surface area (Å²) in [6.07, 6.45) is 17.3. The topological polar surface area (TPSA) is 36.9 Å². The van der Waals surface area contributed by atoms with Gasteiger partial charge in [0.1, 0.15) is 16.1 Å². The van der Waals surface area contributed by atoms with Crippen molar-refractivity contribution < 1.29 is 17.7 Å². The fraction of sp³-hybridized carbons (Fsp3) is 0.704. The number of unbranched alkanes of at least 4 members (excludes halogenated alkanes) is 10. The molecule has 0 saturated carbocycles. The SMILES string of the molecule is CCCCCCCCC1(CCCCCCCC)c2cc(C#C/C(CO[Si](C)(C)C(C)(C)C)=C(/C#C[Si](CC)(CC)CC)CO[Si](C)(C)C(C)(C)C)ccc2-c2ccc(C#C/C(CO[Si](C)(C)C(C)(C)C)=C(/C#C[Si](CC)(CC)CC)CO[Si](C)(C)C(C)(C)C)cc21. The molecule has 0 amide bonds. The Morgan fingerprint density at radius 2 is 0.604 bits per heavy atom. The summed E-state index contributed by atoms with van der Waals surface area (Å²) in [6.45, 7) is 67.4. The molecule has 2 aromatic carbocycles. The van der Waals surface area contributed by atoms with E-state index in [0.29, 0.717) is 26.4 Å². The summed E-state index contributed by atoms with van der Waals surface area (Å²) in [7, 11) is -12.3. The zero-order valence-corrected chi connectivity index (χ0v) is 70.6. The van der Waals surface area contributed by atoms with Crippen LogP contribution in [-0.2, 0) is 23.1 Å². The molecular weight excluding hydrogens is 1210 g/mol. The van der Waals surface area contributed by atoms with Crippen LogP contribution < -0.4 is 0 Å². The quantitative estimate of drug-likeness (QED) is 0.0416. The minimum absolute atomic E-state index is 0.0426. The average molecular weight is 1340 g/mol. The first-order valence-electron chi connectivity index (χ1n) is 36.6. The van der Waals surface area contributed by atoms with Gasteiger partial charge in [0, 0.05) is 38.8 Å². The third-order valence-corrected chi connectivity index (χ3v) is 50.6. The first-order chi connectivity index (χ1) is 42.2. The number of benzene rings is 2. The lowest BCUT2D eigenvalue weighted by atomic mass is 9.70. The molecule has 0 spiro atoms. The lowest BCUT2D eigenvalue weighted by Crippen LogP contribution is -2.42. The fourth-order valence-corrected chi connectivity index (χ4v) is 19.8. The molecule has 0 aliphatic heterocycles. The molecule has 0 aromatic heterocycles. The molecule has 0 atom stereocenters. The van der Waals surface area contributed by atoms with Gasteiger partial charge in [-0.05, 0) is 168 Å². The Balaban J connectivity index is 2.60. The fourth-order valence-electron chi connectivity index (χ4n) is 11.1. The van der Waals surface area contributed by atoms with Crippen LogP contribution in [-0.4, -0.2) is 75.8 Å². The van der Waals surface area contributed by atoms with Crippen LogP contribution in [0.25, 0.3) is 11.1 Å². The summed E-state index contributed by atoms with van der Waals surface area (Å²) < 4.78 is 28.6. The van der Waals surface area contributed by atoms with Gasteiger partial charge in [0.15, 0.2) is 33.3 Å². The van der Waals surface area contributed by atoms with Gasteiger partial charge in [-0.25, -0.2) is 0 Å². The highest BCUT2D eigenvalue weighted by molar-refractivity contribution is 6.87. The Kier molecular flexibility index (Phi) is 32.2. The molecule has 10 heteroatoms. The minimum Gasteiger partial charge on any atom is -0.412 e. The molecule has 1 aliphatic rings. The van der Waals surface area contributed by atoms with Gasteiger partial charge in [-0.2, -0.15) is 0 Å². The van der Waals surface area contributed by atoms with E-state index in [1.807, 2.05) is 0 Å². The number of fused-ring (bicyclic) bond motifs is 3. The standard InChI is InChI=1S/C81H138O4Si6/c1-29-37-39-41-43-45-57-81(58-46-44-42-40-38-30-2)75-61-67(47-51-69(63-82-86(21,22)77(9,10)11)71(55-59-90(31-3,32-4)33-5)65-84-88(25,26)79(15,16)17)49-53-73(75)74-54-50-68(62-76(74)81)48-52-70(64-83-87(23,24)78(12,13)14)72(56-60-91(34-6,35-7)36-8)66-85-89(27,28)80(18,19)20/h49-50,53-54,61-62H,29-46,57-58,63-66H2,1-28H3/b71-69+,72-70+. The zero-order valence-electron chi connectivity index (χ0n) is 64.6. The van der Waals surface area contributed by atoms with Crippen molar-refractivity contribution in [3.05, 3.63) is 80.9 Å². The highest BCUT2D eigenvalue weighted by atomic mass is 28.4. The Bertz CT molecular complexity index is 2750. The second kappa shape index (κ2) is 35.5. The molecule has 0 N–H and O–H groups in total. The maximum atomic E-state index is 7.17. The van der Waals surface area contributed by atoms with E-state index < -0.39 is 49.4 Å². The molecule has 91 heavy (non-hydrogen) atoms. The van der Waals surface area contributed by atoms with Crippen LogP contribution in [0.1, 0.15) is 251 Å². The summed E-state index contributed by atoms with van der Waals surface area (Å²) in [5.74, 6) is 23.2.